The Balaban J connectivity index is 1.81. The van der Waals surface area contributed by atoms with Gasteiger partial charge in [-0.1, -0.05) is 11.6 Å². The molecule has 1 aromatic rings. The zero-order valence-corrected chi connectivity index (χ0v) is 8.15. The molecule has 0 bridgehead atoms. The van der Waals surface area contributed by atoms with Gasteiger partial charge in [-0.2, -0.15) is 4.98 Å². The molecule has 4 nitrogen and oxygen atoms in total. The monoisotopic (exact) mass is 193 g/mol. The van der Waals surface area contributed by atoms with Gasteiger partial charge in [0, 0.05) is 12.0 Å². The van der Waals surface area contributed by atoms with Crippen molar-refractivity contribution in [3.63, 3.8) is 0 Å². The Kier molecular flexibility index (Phi) is 1.83. The number of aromatic nitrogens is 2. The third kappa shape index (κ3) is 1.34. The van der Waals surface area contributed by atoms with Crippen LogP contribution in [-0.4, -0.2) is 16.2 Å². The molecule has 2 aliphatic carbocycles. The summed E-state index contributed by atoms with van der Waals surface area (Å²) in [5, 5.41) is 4.02. The molecular weight excluding hydrogens is 178 g/mol. The maximum Gasteiger partial charge on any atom is 0.231 e. The van der Waals surface area contributed by atoms with Crippen molar-refractivity contribution >= 4 is 0 Å². The van der Waals surface area contributed by atoms with Crippen molar-refractivity contribution in [1.82, 2.24) is 10.1 Å². The summed E-state index contributed by atoms with van der Waals surface area (Å²) in [4.78, 5) is 4.45. The highest BCUT2D eigenvalue weighted by Crippen LogP contribution is 2.39. The Morgan fingerprint density at radius 1 is 1.21 bits per heavy atom. The summed E-state index contributed by atoms with van der Waals surface area (Å²) in [7, 11) is 0. The van der Waals surface area contributed by atoms with Gasteiger partial charge in [0.1, 0.15) is 0 Å². The molecule has 2 N–H and O–H groups in total. The molecule has 2 atom stereocenters. The molecule has 0 radical (unpaired) electrons. The van der Waals surface area contributed by atoms with Gasteiger partial charge in [0.15, 0.2) is 5.82 Å². The zero-order valence-electron chi connectivity index (χ0n) is 8.15. The summed E-state index contributed by atoms with van der Waals surface area (Å²) < 4.78 is 5.28. The van der Waals surface area contributed by atoms with Crippen LogP contribution in [0.3, 0.4) is 0 Å². The van der Waals surface area contributed by atoms with Crippen molar-refractivity contribution in [2.45, 2.75) is 50.0 Å². The van der Waals surface area contributed by atoms with Gasteiger partial charge in [-0.05, 0) is 25.7 Å². The van der Waals surface area contributed by atoms with E-state index in [0.29, 0.717) is 11.8 Å². The van der Waals surface area contributed by atoms with Gasteiger partial charge in [-0.25, -0.2) is 0 Å². The molecular formula is C10H15N3O. The number of nitrogens with zero attached hydrogens (tertiary/aromatic N) is 2. The van der Waals surface area contributed by atoms with Gasteiger partial charge in [0.25, 0.3) is 0 Å². The first kappa shape index (κ1) is 8.41. The van der Waals surface area contributed by atoms with E-state index in [4.69, 9.17) is 10.3 Å². The first-order valence-corrected chi connectivity index (χ1v) is 5.43. The topological polar surface area (TPSA) is 64.9 Å². The lowest BCUT2D eigenvalue weighted by molar-refractivity contribution is 0.341. The SMILES string of the molecule is NC1CCCC1c1nc(C2CC2)no1. The molecule has 4 heteroatoms. The van der Waals surface area contributed by atoms with Crippen molar-refractivity contribution < 1.29 is 4.52 Å². The van der Waals surface area contributed by atoms with Crippen molar-refractivity contribution in [3.8, 4) is 0 Å². The number of rotatable bonds is 2. The molecule has 1 aromatic heterocycles. The highest BCUT2D eigenvalue weighted by molar-refractivity contribution is 5.07. The largest absolute Gasteiger partial charge is 0.339 e. The van der Waals surface area contributed by atoms with Gasteiger partial charge >= 0.3 is 0 Å². The molecule has 0 amide bonds. The molecule has 0 spiro atoms. The molecule has 2 unspecified atom stereocenters. The molecule has 3 rings (SSSR count). The van der Waals surface area contributed by atoms with Crippen LogP contribution < -0.4 is 5.73 Å². The second-order valence-electron chi connectivity index (χ2n) is 4.47. The second-order valence-corrected chi connectivity index (χ2v) is 4.47. The van der Waals surface area contributed by atoms with E-state index in [0.717, 1.165) is 24.6 Å². The predicted octanol–water partition coefficient (Wildman–Crippen LogP) is 1.54. The molecule has 2 aliphatic rings. The third-order valence-corrected chi connectivity index (χ3v) is 3.29. The highest BCUT2D eigenvalue weighted by atomic mass is 16.5. The lowest BCUT2D eigenvalue weighted by atomic mass is 10.1. The Morgan fingerprint density at radius 3 is 2.71 bits per heavy atom. The molecule has 0 saturated heterocycles. The molecule has 76 valence electrons. The highest BCUT2D eigenvalue weighted by Gasteiger charge is 2.33. The minimum Gasteiger partial charge on any atom is -0.339 e. The number of hydrogen-bond acceptors (Lipinski definition) is 4. The van der Waals surface area contributed by atoms with Gasteiger partial charge < -0.3 is 10.3 Å². The Morgan fingerprint density at radius 2 is 2.07 bits per heavy atom. The van der Waals surface area contributed by atoms with E-state index in [1.54, 1.807) is 0 Å². The quantitative estimate of drug-likeness (QED) is 0.773. The Labute approximate surface area is 82.9 Å². The lowest BCUT2D eigenvalue weighted by Crippen LogP contribution is -2.22. The summed E-state index contributed by atoms with van der Waals surface area (Å²) in [5.41, 5.74) is 5.98. The lowest BCUT2D eigenvalue weighted by Gasteiger charge is -2.08. The third-order valence-electron chi connectivity index (χ3n) is 3.29. The van der Waals surface area contributed by atoms with Crippen molar-refractivity contribution in [3.05, 3.63) is 11.7 Å². The summed E-state index contributed by atoms with van der Waals surface area (Å²) in [6.07, 6.45) is 5.82. The van der Waals surface area contributed by atoms with Crippen LogP contribution in [0.25, 0.3) is 0 Å². The van der Waals surface area contributed by atoms with E-state index < -0.39 is 0 Å². The Bertz CT molecular complexity index is 332. The van der Waals surface area contributed by atoms with Crippen LogP contribution in [0, 0.1) is 0 Å². The standard InChI is InChI=1S/C10H15N3O/c11-8-3-1-2-7(8)10-12-9(13-14-10)6-4-5-6/h6-8H,1-5,11H2. The summed E-state index contributed by atoms with van der Waals surface area (Å²) in [6.45, 7) is 0. The van der Waals surface area contributed by atoms with E-state index in [1.165, 1.54) is 19.3 Å². The summed E-state index contributed by atoms with van der Waals surface area (Å²) in [5.74, 6) is 2.57. The fourth-order valence-corrected chi connectivity index (χ4v) is 2.20. The number of hydrogen-bond donors (Lipinski definition) is 1. The first-order chi connectivity index (χ1) is 6.84. The van der Waals surface area contributed by atoms with Crippen LogP contribution in [0.5, 0.6) is 0 Å². The van der Waals surface area contributed by atoms with Crippen LogP contribution in [0.4, 0.5) is 0 Å². The van der Waals surface area contributed by atoms with E-state index >= 15 is 0 Å². The van der Waals surface area contributed by atoms with Crippen molar-refractivity contribution in [1.29, 1.82) is 0 Å². The Hall–Kier alpha value is -0.900. The summed E-state index contributed by atoms with van der Waals surface area (Å²) >= 11 is 0. The van der Waals surface area contributed by atoms with E-state index in [1.807, 2.05) is 0 Å². The average molecular weight is 193 g/mol. The molecule has 2 saturated carbocycles. The first-order valence-electron chi connectivity index (χ1n) is 5.43. The molecule has 0 aliphatic heterocycles. The maximum atomic E-state index is 5.98. The fourth-order valence-electron chi connectivity index (χ4n) is 2.20. The van der Waals surface area contributed by atoms with Crippen LogP contribution in [-0.2, 0) is 0 Å². The van der Waals surface area contributed by atoms with Gasteiger partial charge in [0.2, 0.25) is 5.89 Å². The van der Waals surface area contributed by atoms with Crippen molar-refractivity contribution in [2.75, 3.05) is 0 Å². The predicted molar refractivity (Wildman–Crippen MR) is 50.8 cm³/mol. The van der Waals surface area contributed by atoms with E-state index in [2.05, 4.69) is 10.1 Å². The minimum absolute atomic E-state index is 0.225. The van der Waals surface area contributed by atoms with Crippen molar-refractivity contribution in [2.24, 2.45) is 5.73 Å². The second kappa shape index (κ2) is 3.05. The van der Waals surface area contributed by atoms with Crippen LogP contribution in [0.1, 0.15) is 55.7 Å². The fraction of sp³-hybridized carbons (Fsp3) is 0.800. The molecule has 2 fully saturated rings. The molecule has 0 aromatic carbocycles. The van der Waals surface area contributed by atoms with Crippen LogP contribution in [0.2, 0.25) is 0 Å². The molecule has 14 heavy (non-hydrogen) atoms. The normalized spacial score (nSPS) is 32.4. The van der Waals surface area contributed by atoms with Crippen LogP contribution in [0.15, 0.2) is 4.52 Å². The van der Waals surface area contributed by atoms with Crippen LogP contribution >= 0.6 is 0 Å². The smallest absolute Gasteiger partial charge is 0.231 e. The van der Waals surface area contributed by atoms with Gasteiger partial charge in [-0.15, -0.1) is 0 Å². The zero-order chi connectivity index (χ0) is 9.54. The van der Waals surface area contributed by atoms with E-state index in [9.17, 15) is 0 Å². The average Bonchev–Trinajstić information content (AvgIpc) is 2.75. The van der Waals surface area contributed by atoms with E-state index in [-0.39, 0.29) is 6.04 Å². The molecule has 1 heterocycles. The summed E-state index contributed by atoms with van der Waals surface area (Å²) in [6, 6.07) is 0.225. The number of nitrogens with two attached hydrogens (primary N) is 1. The maximum absolute atomic E-state index is 5.98. The van der Waals surface area contributed by atoms with Gasteiger partial charge in [-0.3, -0.25) is 0 Å². The van der Waals surface area contributed by atoms with Gasteiger partial charge in [0.05, 0.1) is 5.92 Å². The minimum atomic E-state index is 0.225.